The zero-order chi connectivity index (χ0) is 13.1. The van der Waals surface area contributed by atoms with Gasteiger partial charge in [0.2, 0.25) is 0 Å². The van der Waals surface area contributed by atoms with Crippen molar-refractivity contribution in [1.82, 2.24) is 14.3 Å². The van der Waals surface area contributed by atoms with Crippen LogP contribution in [-0.4, -0.2) is 26.4 Å². The van der Waals surface area contributed by atoms with Crippen LogP contribution in [0.1, 0.15) is 19.3 Å². The summed E-state index contributed by atoms with van der Waals surface area (Å²) in [6.45, 7) is -0.173. The topological polar surface area (TPSA) is 66.1 Å². The monoisotopic (exact) mass is 249 g/mol. The average Bonchev–Trinajstić information content (AvgIpc) is 3.12. The van der Waals surface area contributed by atoms with E-state index in [1.807, 2.05) is 0 Å². The summed E-state index contributed by atoms with van der Waals surface area (Å²) in [5.74, 6) is 2.42. The van der Waals surface area contributed by atoms with E-state index in [0.29, 0.717) is 12.3 Å². The zero-order valence-electron chi connectivity index (χ0n) is 10.2. The van der Waals surface area contributed by atoms with E-state index in [1.165, 1.54) is 10.9 Å². The fraction of sp³-hybridized carbons (Fsp3) is 0.583. The lowest BCUT2D eigenvalue weighted by molar-refractivity contribution is -0.150. The first-order valence-electron chi connectivity index (χ1n) is 5.83. The second-order valence-corrected chi connectivity index (χ2v) is 4.46. The lowest BCUT2D eigenvalue weighted by Gasteiger charge is -2.14. The molecule has 1 heterocycles. The Labute approximate surface area is 105 Å². The summed E-state index contributed by atoms with van der Waals surface area (Å²) in [4.78, 5) is 23.2. The van der Waals surface area contributed by atoms with Crippen LogP contribution in [0.3, 0.4) is 0 Å². The summed E-state index contributed by atoms with van der Waals surface area (Å²) in [5.41, 5.74) is -0.341. The Hall–Kier alpha value is -2.03. The molecule has 0 aliphatic heterocycles. The third-order valence-electron chi connectivity index (χ3n) is 2.92. The van der Waals surface area contributed by atoms with Gasteiger partial charge in [0.1, 0.15) is 19.0 Å². The van der Waals surface area contributed by atoms with Gasteiger partial charge in [-0.05, 0) is 18.8 Å². The van der Waals surface area contributed by atoms with Crippen LogP contribution in [0.4, 0.5) is 0 Å². The number of hydrogen-bond acceptors (Lipinski definition) is 4. The summed E-state index contributed by atoms with van der Waals surface area (Å²) in [5, 5.41) is 3.80. The van der Waals surface area contributed by atoms with Crippen LogP contribution in [0.2, 0.25) is 0 Å². The SMILES string of the molecule is C#CC[C@H](OC(=O)Cn1ncn(C)c1=O)C1CC1. The van der Waals surface area contributed by atoms with Crippen LogP contribution in [0.5, 0.6) is 0 Å². The molecule has 6 nitrogen and oxygen atoms in total. The summed E-state index contributed by atoms with van der Waals surface area (Å²) in [6, 6.07) is 0. The highest BCUT2D eigenvalue weighted by Gasteiger charge is 2.33. The molecule has 1 atom stereocenters. The minimum atomic E-state index is -0.469. The van der Waals surface area contributed by atoms with Gasteiger partial charge in [0.15, 0.2) is 0 Å². The number of carbonyl (C=O) groups is 1. The predicted octanol–water partition coefficient (Wildman–Crippen LogP) is -0.0731. The third kappa shape index (κ3) is 2.80. The Morgan fingerprint density at radius 1 is 1.72 bits per heavy atom. The molecule has 1 aromatic rings. The van der Waals surface area contributed by atoms with E-state index in [1.54, 1.807) is 7.05 Å². The molecular weight excluding hydrogens is 234 g/mol. The van der Waals surface area contributed by atoms with Gasteiger partial charge >= 0.3 is 11.7 Å². The van der Waals surface area contributed by atoms with E-state index in [9.17, 15) is 9.59 Å². The molecule has 6 heteroatoms. The molecule has 96 valence electrons. The number of terminal acetylenes is 1. The molecule has 1 fully saturated rings. The smallest absolute Gasteiger partial charge is 0.345 e. The molecule has 0 bridgehead atoms. The van der Waals surface area contributed by atoms with Crippen molar-refractivity contribution >= 4 is 5.97 Å². The standard InChI is InChI=1S/C12H15N3O3/c1-3-4-10(9-5-6-9)18-11(16)7-15-12(17)14(2)8-13-15/h1,8-10H,4-7H2,2H3/t10-/m0/s1. The Balaban J connectivity index is 1.94. The highest BCUT2D eigenvalue weighted by molar-refractivity contribution is 5.69. The van der Waals surface area contributed by atoms with E-state index in [2.05, 4.69) is 11.0 Å². The van der Waals surface area contributed by atoms with E-state index in [-0.39, 0.29) is 18.3 Å². The number of aryl methyl sites for hydroxylation is 1. The molecule has 1 saturated carbocycles. The first-order chi connectivity index (χ1) is 8.61. The number of ether oxygens (including phenoxy) is 1. The van der Waals surface area contributed by atoms with Crippen molar-refractivity contribution in [3.8, 4) is 12.3 Å². The van der Waals surface area contributed by atoms with Crippen LogP contribution < -0.4 is 5.69 Å². The summed E-state index contributed by atoms with van der Waals surface area (Å²) in [7, 11) is 1.57. The highest BCUT2D eigenvalue weighted by atomic mass is 16.5. The fourth-order valence-electron chi connectivity index (χ4n) is 1.75. The van der Waals surface area contributed by atoms with Crippen LogP contribution in [0.15, 0.2) is 11.1 Å². The second-order valence-electron chi connectivity index (χ2n) is 4.46. The van der Waals surface area contributed by atoms with Gasteiger partial charge in [-0.2, -0.15) is 5.10 Å². The summed E-state index contributed by atoms with van der Waals surface area (Å²) >= 11 is 0. The van der Waals surface area contributed by atoms with Gasteiger partial charge in [0.25, 0.3) is 0 Å². The van der Waals surface area contributed by atoms with Gasteiger partial charge in [-0.15, -0.1) is 12.3 Å². The van der Waals surface area contributed by atoms with Gasteiger partial charge < -0.3 is 4.74 Å². The molecule has 0 radical (unpaired) electrons. The number of carbonyl (C=O) groups excluding carboxylic acids is 1. The van der Waals surface area contributed by atoms with Crippen molar-refractivity contribution in [3.05, 3.63) is 16.8 Å². The van der Waals surface area contributed by atoms with Crippen LogP contribution in [-0.2, 0) is 23.1 Å². The predicted molar refractivity (Wildman–Crippen MR) is 63.5 cm³/mol. The minimum Gasteiger partial charge on any atom is -0.460 e. The number of aromatic nitrogens is 3. The number of rotatable bonds is 5. The van der Waals surface area contributed by atoms with Crippen LogP contribution in [0, 0.1) is 18.3 Å². The maximum Gasteiger partial charge on any atom is 0.345 e. The van der Waals surface area contributed by atoms with Gasteiger partial charge in [0.05, 0.1) is 0 Å². The molecular formula is C12H15N3O3. The molecule has 1 aliphatic carbocycles. The molecule has 0 aromatic carbocycles. The number of nitrogens with zero attached hydrogens (tertiary/aromatic N) is 3. The van der Waals surface area contributed by atoms with Crippen molar-refractivity contribution in [2.45, 2.75) is 31.9 Å². The molecule has 1 aliphatic rings. The summed E-state index contributed by atoms with van der Waals surface area (Å²) < 4.78 is 7.66. The largest absolute Gasteiger partial charge is 0.460 e. The minimum absolute atomic E-state index is 0.173. The molecule has 0 spiro atoms. The van der Waals surface area contributed by atoms with Crippen molar-refractivity contribution in [1.29, 1.82) is 0 Å². The third-order valence-corrected chi connectivity index (χ3v) is 2.92. The zero-order valence-corrected chi connectivity index (χ0v) is 10.2. The quantitative estimate of drug-likeness (QED) is 0.541. The molecule has 18 heavy (non-hydrogen) atoms. The molecule has 0 saturated heterocycles. The summed E-state index contributed by atoms with van der Waals surface area (Å²) in [6.07, 6.45) is 8.89. The van der Waals surface area contributed by atoms with Gasteiger partial charge in [-0.1, -0.05) is 0 Å². The Morgan fingerprint density at radius 3 is 2.94 bits per heavy atom. The van der Waals surface area contributed by atoms with Crippen LogP contribution in [0.25, 0.3) is 0 Å². The van der Waals surface area contributed by atoms with Crippen molar-refractivity contribution in [2.24, 2.45) is 13.0 Å². The van der Waals surface area contributed by atoms with E-state index < -0.39 is 5.97 Å². The average molecular weight is 249 g/mol. The van der Waals surface area contributed by atoms with Crippen molar-refractivity contribution in [2.75, 3.05) is 0 Å². The van der Waals surface area contributed by atoms with Crippen molar-refractivity contribution in [3.63, 3.8) is 0 Å². The van der Waals surface area contributed by atoms with Crippen molar-refractivity contribution < 1.29 is 9.53 Å². The second kappa shape index (κ2) is 5.08. The molecule has 0 amide bonds. The van der Waals surface area contributed by atoms with E-state index in [4.69, 9.17) is 11.2 Å². The maximum atomic E-state index is 11.7. The number of hydrogen-bond donors (Lipinski definition) is 0. The molecule has 2 rings (SSSR count). The van der Waals surface area contributed by atoms with Gasteiger partial charge in [-0.3, -0.25) is 9.36 Å². The molecule has 0 unspecified atom stereocenters. The Kier molecular flexibility index (Phi) is 3.51. The first-order valence-corrected chi connectivity index (χ1v) is 5.83. The normalized spacial score (nSPS) is 16.0. The van der Waals surface area contributed by atoms with Gasteiger partial charge in [0, 0.05) is 13.5 Å². The maximum absolute atomic E-state index is 11.7. The van der Waals surface area contributed by atoms with Gasteiger partial charge in [-0.25, -0.2) is 9.48 Å². The van der Waals surface area contributed by atoms with E-state index >= 15 is 0 Å². The lowest BCUT2D eigenvalue weighted by atomic mass is 10.2. The molecule has 1 aromatic heterocycles. The number of esters is 1. The molecule has 0 N–H and O–H groups in total. The Bertz CT molecular complexity index is 533. The highest BCUT2D eigenvalue weighted by Crippen LogP contribution is 2.35. The van der Waals surface area contributed by atoms with Crippen LogP contribution >= 0.6 is 0 Å². The Morgan fingerprint density at radius 2 is 2.44 bits per heavy atom. The fourth-order valence-corrected chi connectivity index (χ4v) is 1.75. The first kappa shape index (κ1) is 12.4. The lowest BCUT2D eigenvalue weighted by Crippen LogP contribution is -2.29. The van der Waals surface area contributed by atoms with E-state index in [0.717, 1.165) is 17.5 Å².